The van der Waals surface area contributed by atoms with E-state index in [0.717, 1.165) is 29.7 Å². The predicted octanol–water partition coefficient (Wildman–Crippen LogP) is 3.92. The first-order chi connectivity index (χ1) is 9.92. The monoisotopic (exact) mass is 291 g/mol. The van der Waals surface area contributed by atoms with Gasteiger partial charge < -0.3 is 10.3 Å². The van der Waals surface area contributed by atoms with Crippen molar-refractivity contribution in [3.8, 4) is 0 Å². The van der Waals surface area contributed by atoms with Crippen molar-refractivity contribution in [1.29, 1.82) is 0 Å². The first-order valence-electron chi connectivity index (χ1n) is 7.78. The van der Waals surface area contributed by atoms with E-state index in [0.29, 0.717) is 24.4 Å². The Morgan fingerprint density at radius 1 is 1.24 bits per heavy atom. The lowest BCUT2D eigenvalue weighted by atomic mass is 9.94. The number of nitrogens with zero attached hydrogens (tertiary/aromatic N) is 2. The van der Waals surface area contributed by atoms with Gasteiger partial charge in [0.15, 0.2) is 0 Å². The molecule has 0 saturated carbocycles. The molecule has 21 heavy (non-hydrogen) atoms. The van der Waals surface area contributed by atoms with Crippen molar-refractivity contribution < 1.29 is 4.39 Å². The van der Waals surface area contributed by atoms with E-state index in [-0.39, 0.29) is 5.82 Å². The van der Waals surface area contributed by atoms with Crippen molar-refractivity contribution in [3.05, 3.63) is 29.8 Å². The number of imidazole rings is 1. The van der Waals surface area contributed by atoms with E-state index in [4.69, 9.17) is 5.73 Å². The van der Waals surface area contributed by atoms with Gasteiger partial charge in [-0.15, -0.1) is 0 Å². The first-order valence-corrected chi connectivity index (χ1v) is 7.78. The summed E-state index contributed by atoms with van der Waals surface area (Å²) in [6.07, 6.45) is 1.94. The molecule has 116 valence electrons. The van der Waals surface area contributed by atoms with Crippen molar-refractivity contribution in [2.45, 2.75) is 46.6 Å². The van der Waals surface area contributed by atoms with Crippen LogP contribution in [0.15, 0.2) is 18.2 Å². The normalized spacial score (nSPS) is 13.5. The van der Waals surface area contributed by atoms with Gasteiger partial charge in [0.05, 0.1) is 11.0 Å². The molecule has 1 unspecified atom stereocenters. The molecule has 0 fully saturated rings. The largest absolute Gasteiger partial charge is 0.330 e. The molecule has 0 saturated heterocycles. The molecule has 3 nitrogen and oxygen atoms in total. The minimum atomic E-state index is -0.236. The van der Waals surface area contributed by atoms with Gasteiger partial charge in [0, 0.05) is 18.5 Å². The average molecular weight is 291 g/mol. The number of aromatic nitrogens is 2. The first kappa shape index (κ1) is 16.0. The molecule has 2 N–H and O–H groups in total. The maximum atomic E-state index is 13.4. The van der Waals surface area contributed by atoms with E-state index in [2.05, 4.69) is 37.2 Å². The summed E-state index contributed by atoms with van der Waals surface area (Å²) < 4.78 is 15.6. The highest BCUT2D eigenvalue weighted by Gasteiger charge is 2.18. The summed E-state index contributed by atoms with van der Waals surface area (Å²) in [6.45, 7) is 9.35. The Hall–Kier alpha value is -1.42. The highest BCUT2D eigenvalue weighted by atomic mass is 19.1. The Bertz CT molecular complexity index is 601. The van der Waals surface area contributed by atoms with Crippen LogP contribution in [-0.4, -0.2) is 16.1 Å². The third-order valence-electron chi connectivity index (χ3n) is 3.85. The standard InChI is InChI=1S/C17H26FN3/c1-11(2)7-13(10-19)8-17-20-15-9-14(18)5-6-16(15)21(17)12(3)4/h5-6,9,11-13H,7-8,10,19H2,1-4H3. The number of rotatable bonds is 6. The van der Waals surface area contributed by atoms with Gasteiger partial charge in [0.2, 0.25) is 0 Å². The van der Waals surface area contributed by atoms with Gasteiger partial charge in [-0.05, 0) is 50.8 Å². The van der Waals surface area contributed by atoms with Crippen LogP contribution in [0.2, 0.25) is 0 Å². The van der Waals surface area contributed by atoms with Crippen LogP contribution in [0, 0.1) is 17.7 Å². The molecule has 0 amide bonds. The summed E-state index contributed by atoms with van der Waals surface area (Å²) in [5.41, 5.74) is 7.65. The molecule has 1 aromatic carbocycles. The minimum Gasteiger partial charge on any atom is -0.330 e. The van der Waals surface area contributed by atoms with E-state index in [1.54, 1.807) is 0 Å². The van der Waals surface area contributed by atoms with Crippen LogP contribution in [0.4, 0.5) is 4.39 Å². The fraction of sp³-hybridized carbons (Fsp3) is 0.588. The molecule has 2 rings (SSSR count). The SMILES string of the molecule is CC(C)CC(CN)Cc1nc2cc(F)ccc2n1C(C)C. The van der Waals surface area contributed by atoms with Crippen LogP contribution < -0.4 is 5.73 Å². The quantitative estimate of drug-likeness (QED) is 0.876. The number of fused-ring (bicyclic) bond motifs is 1. The van der Waals surface area contributed by atoms with Gasteiger partial charge in [-0.1, -0.05) is 13.8 Å². The Kier molecular flexibility index (Phi) is 4.99. The van der Waals surface area contributed by atoms with E-state index >= 15 is 0 Å². The van der Waals surface area contributed by atoms with Gasteiger partial charge in [-0.2, -0.15) is 0 Å². The van der Waals surface area contributed by atoms with Crippen molar-refractivity contribution >= 4 is 11.0 Å². The number of halogens is 1. The zero-order valence-electron chi connectivity index (χ0n) is 13.4. The van der Waals surface area contributed by atoms with Crippen LogP contribution in [-0.2, 0) is 6.42 Å². The van der Waals surface area contributed by atoms with Gasteiger partial charge in [0.1, 0.15) is 11.6 Å². The minimum absolute atomic E-state index is 0.236. The third-order valence-corrected chi connectivity index (χ3v) is 3.85. The third kappa shape index (κ3) is 3.62. The van der Waals surface area contributed by atoms with Gasteiger partial charge in [-0.25, -0.2) is 9.37 Å². The lowest BCUT2D eigenvalue weighted by molar-refractivity contribution is 0.400. The van der Waals surface area contributed by atoms with E-state index < -0.39 is 0 Å². The molecule has 0 radical (unpaired) electrons. The molecular weight excluding hydrogens is 265 g/mol. The van der Waals surface area contributed by atoms with Crippen LogP contribution in [0.1, 0.15) is 46.0 Å². The van der Waals surface area contributed by atoms with Crippen molar-refractivity contribution in [3.63, 3.8) is 0 Å². The maximum Gasteiger partial charge on any atom is 0.125 e. The molecule has 0 aliphatic carbocycles. The van der Waals surface area contributed by atoms with E-state index in [1.807, 2.05) is 6.07 Å². The fourth-order valence-electron chi connectivity index (χ4n) is 3.03. The zero-order valence-corrected chi connectivity index (χ0v) is 13.4. The molecule has 0 aliphatic heterocycles. The fourth-order valence-corrected chi connectivity index (χ4v) is 3.03. The molecule has 2 aromatic rings. The number of hydrogen-bond donors (Lipinski definition) is 1. The van der Waals surface area contributed by atoms with Gasteiger partial charge in [0.25, 0.3) is 0 Å². The molecular formula is C17H26FN3. The molecule has 4 heteroatoms. The topological polar surface area (TPSA) is 43.8 Å². The molecule has 0 bridgehead atoms. The van der Waals surface area contributed by atoms with Crippen molar-refractivity contribution in [1.82, 2.24) is 9.55 Å². The van der Waals surface area contributed by atoms with Crippen LogP contribution in [0.25, 0.3) is 11.0 Å². The number of hydrogen-bond acceptors (Lipinski definition) is 2. The predicted molar refractivity (Wildman–Crippen MR) is 85.8 cm³/mol. The summed E-state index contributed by atoms with van der Waals surface area (Å²) in [5.74, 6) is 1.82. The molecule has 0 aliphatic rings. The second kappa shape index (κ2) is 6.56. The Labute approximate surface area is 126 Å². The summed E-state index contributed by atoms with van der Waals surface area (Å²) in [6, 6.07) is 5.13. The van der Waals surface area contributed by atoms with Crippen molar-refractivity contribution in [2.75, 3.05) is 6.54 Å². The lowest BCUT2D eigenvalue weighted by Gasteiger charge is -2.19. The van der Waals surface area contributed by atoms with E-state index in [9.17, 15) is 4.39 Å². The Morgan fingerprint density at radius 2 is 1.95 bits per heavy atom. The molecule has 1 aromatic heterocycles. The van der Waals surface area contributed by atoms with Gasteiger partial charge in [-0.3, -0.25) is 0 Å². The molecule has 0 spiro atoms. The van der Waals surface area contributed by atoms with Crippen LogP contribution in [0.5, 0.6) is 0 Å². The summed E-state index contributed by atoms with van der Waals surface area (Å²) >= 11 is 0. The second-order valence-corrected chi connectivity index (χ2v) is 6.56. The highest BCUT2D eigenvalue weighted by molar-refractivity contribution is 5.76. The number of benzene rings is 1. The summed E-state index contributed by atoms with van der Waals surface area (Å²) in [7, 11) is 0. The smallest absolute Gasteiger partial charge is 0.125 e. The van der Waals surface area contributed by atoms with Gasteiger partial charge >= 0.3 is 0 Å². The average Bonchev–Trinajstić information content (AvgIpc) is 2.74. The summed E-state index contributed by atoms with van der Waals surface area (Å²) in [4.78, 5) is 4.66. The Balaban J connectivity index is 2.40. The van der Waals surface area contributed by atoms with Crippen LogP contribution in [0.3, 0.4) is 0 Å². The van der Waals surface area contributed by atoms with E-state index in [1.165, 1.54) is 12.1 Å². The summed E-state index contributed by atoms with van der Waals surface area (Å²) in [5, 5.41) is 0. The maximum absolute atomic E-state index is 13.4. The number of nitrogens with two attached hydrogens (primary N) is 1. The Morgan fingerprint density at radius 3 is 2.52 bits per heavy atom. The lowest BCUT2D eigenvalue weighted by Crippen LogP contribution is -2.21. The second-order valence-electron chi connectivity index (χ2n) is 6.56. The van der Waals surface area contributed by atoms with Crippen molar-refractivity contribution in [2.24, 2.45) is 17.6 Å². The van der Waals surface area contributed by atoms with Crippen LogP contribution >= 0.6 is 0 Å². The molecule has 1 heterocycles. The zero-order chi connectivity index (χ0) is 15.6. The molecule has 1 atom stereocenters. The highest BCUT2D eigenvalue weighted by Crippen LogP contribution is 2.25.